The Hall–Kier alpha value is -1.98. The van der Waals surface area contributed by atoms with Crippen molar-refractivity contribution in [3.05, 3.63) is 35.4 Å². The molecule has 2 amide bonds. The minimum absolute atomic E-state index is 0.0543. The van der Waals surface area contributed by atoms with Crippen LogP contribution in [0.3, 0.4) is 0 Å². The van der Waals surface area contributed by atoms with Gasteiger partial charge >= 0.3 is 0 Å². The summed E-state index contributed by atoms with van der Waals surface area (Å²) in [5.41, 5.74) is 0.155. The largest absolute Gasteiger partial charge is 0.356 e. The number of halogens is 2. The topological polar surface area (TPSA) is 58.2 Å². The highest BCUT2D eigenvalue weighted by atomic mass is 19.1. The molecule has 126 valence electrons. The van der Waals surface area contributed by atoms with E-state index in [1.807, 2.05) is 0 Å². The fraction of sp³-hybridized carbons (Fsp3) is 0.529. The summed E-state index contributed by atoms with van der Waals surface area (Å²) < 4.78 is 27.0. The zero-order chi connectivity index (χ0) is 16.8. The molecule has 4 nitrogen and oxygen atoms in total. The zero-order valence-electron chi connectivity index (χ0n) is 13.2. The van der Waals surface area contributed by atoms with Crippen LogP contribution in [0.1, 0.15) is 50.6 Å². The SMILES string of the molecule is CC[C@H](NC(=O)CCCNC(=O)C1CC1)c1cc(F)ccc1F. The molecule has 6 heteroatoms. The Kier molecular flexibility index (Phi) is 6.07. The van der Waals surface area contributed by atoms with Gasteiger partial charge in [0, 0.05) is 24.4 Å². The summed E-state index contributed by atoms with van der Waals surface area (Å²) in [5, 5.41) is 5.50. The van der Waals surface area contributed by atoms with Crippen molar-refractivity contribution in [1.29, 1.82) is 0 Å². The fourth-order valence-electron chi connectivity index (χ4n) is 2.40. The minimum atomic E-state index is -0.556. The van der Waals surface area contributed by atoms with Gasteiger partial charge in [-0.15, -0.1) is 0 Å². The molecule has 2 rings (SSSR count). The van der Waals surface area contributed by atoms with E-state index in [9.17, 15) is 18.4 Å². The predicted molar refractivity (Wildman–Crippen MR) is 82.5 cm³/mol. The Labute approximate surface area is 134 Å². The summed E-state index contributed by atoms with van der Waals surface area (Å²) in [6.45, 7) is 2.25. The molecule has 1 aromatic rings. The molecule has 1 aromatic carbocycles. The van der Waals surface area contributed by atoms with E-state index in [1.165, 1.54) is 0 Å². The summed E-state index contributed by atoms with van der Waals surface area (Å²) in [4.78, 5) is 23.4. The number of hydrogen-bond donors (Lipinski definition) is 2. The molecule has 0 bridgehead atoms. The summed E-state index contributed by atoms with van der Waals surface area (Å²) >= 11 is 0. The van der Waals surface area contributed by atoms with Crippen LogP contribution in [-0.2, 0) is 9.59 Å². The highest BCUT2D eigenvalue weighted by Crippen LogP contribution is 2.28. The Bertz CT molecular complexity index is 574. The molecular weight excluding hydrogens is 302 g/mol. The first-order chi connectivity index (χ1) is 11.0. The molecule has 0 aromatic heterocycles. The van der Waals surface area contributed by atoms with Crippen molar-refractivity contribution in [1.82, 2.24) is 10.6 Å². The zero-order valence-corrected chi connectivity index (χ0v) is 13.2. The standard InChI is InChI=1S/C17H22F2N2O2/c1-2-15(13-10-12(18)7-8-14(13)19)21-16(22)4-3-9-20-17(23)11-5-6-11/h7-8,10-11,15H,2-6,9H2,1H3,(H,20,23)(H,21,22)/t15-/m0/s1. The van der Waals surface area contributed by atoms with Crippen molar-refractivity contribution < 1.29 is 18.4 Å². The van der Waals surface area contributed by atoms with Crippen molar-refractivity contribution in [2.45, 2.75) is 45.1 Å². The first kappa shape index (κ1) is 17.4. The van der Waals surface area contributed by atoms with E-state index < -0.39 is 17.7 Å². The molecule has 0 unspecified atom stereocenters. The third-order valence-corrected chi connectivity index (χ3v) is 3.90. The monoisotopic (exact) mass is 324 g/mol. The fourth-order valence-corrected chi connectivity index (χ4v) is 2.40. The van der Waals surface area contributed by atoms with Gasteiger partial charge in [0.05, 0.1) is 6.04 Å². The lowest BCUT2D eigenvalue weighted by Crippen LogP contribution is -2.30. The predicted octanol–water partition coefficient (Wildman–Crippen LogP) is 2.84. The number of hydrogen-bond acceptors (Lipinski definition) is 2. The molecule has 0 heterocycles. The van der Waals surface area contributed by atoms with Gasteiger partial charge in [-0.2, -0.15) is 0 Å². The lowest BCUT2D eigenvalue weighted by atomic mass is 10.0. The van der Waals surface area contributed by atoms with Crippen LogP contribution in [0.25, 0.3) is 0 Å². The molecule has 23 heavy (non-hydrogen) atoms. The molecule has 0 radical (unpaired) electrons. The molecule has 1 aliphatic carbocycles. The van der Waals surface area contributed by atoms with Crippen LogP contribution >= 0.6 is 0 Å². The maximum Gasteiger partial charge on any atom is 0.223 e. The van der Waals surface area contributed by atoms with Gasteiger partial charge in [0.2, 0.25) is 11.8 Å². The van der Waals surface area contributed by atoms with E-state index in [1.54, 1.807) is 6.92 Å². The van der Waals surface area contributed by atoms with Crippen LogP contribution in [0.2, 0.25) is 0 Å². The van der Waals surface area contributed by atoms with Crippen LogP contribution in [0.5, 0.6) is 0 Å². The second-order valence-electron chi connectivity index (χ2n) is 5.86. The van der Waals surface area contributed by atoms with E-state index in [2.05, 4.69) is 10.6 Å². The minimum Gasteiger partial charge on any atom is -0.356 e. The van der Waals surface area contributed by atoms with Crippen LogP contribution < -0.4 is 10.6 Å². The lowest BCUT2D eigenvalue weighted by molar-refractivity contribution is -0.124. The van der Waals surface area contributed by atoms with Crippen LogP contribution in [0.4, 0.5) is 8.78 Å². The van der Waals surface area contributed by atoms with E-state index in [-0.39, 0.29) is 29.7 Å². The number of benzene rings is 1. The second kappa shape index (κ2) is 8.04. The average molecular weight is 324 g/mol. The van der Waals surface area contributed by atoms with Gasteiger partial charge in [0.1, 0.15) is 11.6 Å². The average Bonchev–Trinajstić information content (AvgIpc) is 3.36. The molecule has 1 fully saturated rings. The van der Waals surface area contributed by atoms with Crippen LogP contribution in [0.15, 0.2) is 18.2 Å². The van der Waals surface area contributed by atoms with Crippen molar-refractivity contribution >= 4 is 11.8 Å². The number of carbonyl (C=O) groups is 2. The van der Waals surface area contributed by atoms with E-state index >= 15 is 0 Å². The molecular formula is C17H22F2N2O2. The number of nitrogens with one attached hydrogen (secondary N) is 2. The van der Waals surface area contributed by atoms with Crippen molar-refractivity contribution in [2.75, 3.05) is 6.54 Å². The van der Waals surface area contributed by atoms with Crippen LogP contribution in [-0.4, -0.2) is 18.4 Å². The Morgan fingerprint density at radius 3 is 2.70 bits per heavy atom. The van der Waals surface area contributed by atoms with E-state index in [4.69, 9.17) is 0 Å². The molecule has 2 N–H and O–H groups in total. The number of amides is 2. The highest BCUT2D eigenvalue weighted by Gasteiger charge is 2.29. The summed E-state index contributed by atoms with van der Waals surface area (Å²) in [5.74, 6) is -1.09. The van der Waals surface area contributed by atoms with Gasteiger partial charge in [-0.3, -0.25) is 9.59 Å². The smallest absolute Gasteiger partial charge is 0.223 e. The Morgan fingerprint density at radius 1 is 1.30 bits per heavy atom. The van der Waals surface area contributed by atoms with Gasteiger partial charge in [0.15, 0.2) is 0 Å². The Morgan fingerprint density at radius 2 is 2.04 bits per heavy atom. The Balaban J connectivity index is 1.77. The molecule has 0 saturated heterocycles. The van der Waals surface area contributed by atoms with Crippen LogP contribution in [0, 0.1) is 17.6 Å². The number of rotatable bonds is 8. The molecule has 0 aliphatic heterocycles. The van der Waals surface area contributed by atoms with Gasteiger partial charge in [-0.1, -0.05) is 6.92 Å². The quantitative estimate of drug-likeness (QED) is 0.723. The third-order valence-electron chi connectivity index (χ3n) is 3.90. The van der Waals surface area contributed by atoms with E-state index in [0.717, 1.165) is 31.0 Å². The first-order valence-corrected chi connectivity index (χ1v) is 8.03. The molecule has 1 atom stereocenters. The lowest BCUT2D eigenvalue weighted by Gasteiger charge is -2.18. The van der Waals surface area contributed by atoms with E-state index in [0.29, 0.717) is 19.4 Å². The van der Waals surface area contributed by atoms with Gasteiger partial charge in [-0.25, -0.2) is 8.78 Å². The maximum atomic E-state index is 13.8. The molecule has 1 aliphatic rings. The normalized spacial score (nSPS) is 15.1. The summed E-state index contributed by atoms with van der Waals surface area (Å²) in [6.07, 6.45) is 3.11. The van der Waals surface area contributed by atoms with Crippen molar-refractivity contribution in [3.8, 4) is 0 Å². The molecule has 0 spiro atoms. The van der Waals surface area contributed by atoms with Crippen molar-refractivity contribution in [3.63, 3.8) is 0 Å². The summed E-state index contributed by atoms with van der Waals surface area (Å²) in [7, 11) is 0. The van der Waals surface area contributed by atoms with Gasteiger partial charge in [-0.05, 0) is 43.9 Å². The van der Waals surface area contributed by atoms with Crippen molar-refractivity contribution in [2.24, 2.45) is 5.92 Å². The van der Waals surface area contributed by atoms with Gasteiger partial charge in [0.25, 0.3) is 0 Å². The third kappa shape index (κ3) is 5.30. The maximum absolute atomic E-state index is 13.8. The number of carbonyl (C=O) groups excluding carboxylic acids is 2. The van der Waals surface area contributed by atoms with Gasteiger partial charge < -0.3 is 10.6 Å². The highest BCUT2D eigenvalue weighted by molar-refractivity contribution is 5.81. The first-order valence-electron chi connectivity index (χ1n) is 8.03. The summed E-state index contributed by atoms with van der Waals surface area (Å²) in [6, 6.07) is 2.67. The second-order valence-corrected chi connectivity index (χ2v) is 5.86. The molecule has 1 saturated carbocycles.